The lowest BCUT2D eigenvalue weighted by molar-refractivity contribution is -0.134. The van der Waals surface area contributed by atoms with Gasteiger partial charge >= 0.3 is 0 Å². The molecule has 0 fully saturated rings. The maximum Gasteiger partial charge on any atom is 0.180 e. The fraction of sp³-hybridized carbons (Fsp3) is 0.182. The van der Waals surface area contributed by atoms with Gasteiger partial charge in [0.2, 0.25) is 0 Å². The highest BCUT2D eigenvalue weighted by Crippen LogP contribution is 2.45. The molecular formula is C22H21N3O2. The van der Waals surface area contributed by atoms with Crippen molar-refractivity contribution in [2.75, 3.05) is 0 Å². The molecule has 0 aliphatic rings. The topological polar surface area (TPSA) is 71.2 Å². The zero-order chi connectivity index (χ0) is 19.1. The number of aliphatic hydroxyl groups is 2. The third kappa shape index (κ3) is 2.55. The number of aromatic nitrogens is 3. The van der Waals surface area contributed by atoms with E-state index < -0.39 is 11.2 Å². The molecule has 4 rings (SSSR count). The molecule has 0 spiro atoms. The van der Waals surface area contributed by atoms with Gasteiger partial charge in [-0.05, 0) is 30.7 Å². The van der Waals surface area contributed by atoms with Crippen LogP contribution in [0, 0.1) is 0 Å². The van der Waals surface area contributed by atoms with Gasteiger partial charge in [-0.15, -0.1) is 0 Å². The van der Waals surface area contributed by atoms with E-state index in [4.69, 9.17) is 0 Å². The van der Waals surface area contributed by atoms with Crippen LogP contribution in [0.25, 0.3) is 11.0 Å². The zero-order valence-electron chi connectivity index (χ0n) is 15.2. The van der Waals surface area contributed by atoms with Crippen molar-refractivity contribution in [1.29, 1.82) is 0 Å². The molecule has 2 heterocycles. The van der Waals surface area contributed by atoms with Crippen LogP contribution >= 0.6 is 0 Å². The second kappa shape index (κ2) is 6.30. The summed E-state index contributed by atoms with van der Waals surface area (Å²) in [4.78, 5) is 8.80. The molecule has 5 heteroatoms. The minimum absolute atomic E-state index is 0.365. The minimum Gasteiger partial charge on any atom is -0.381 e. The lowest BCUT2D eigenvalue weighted by Gasteiger charge is -2.41. The molecule has 0 bridgehead atoms. The van der Waals surface area contributed by atoms with Gasteiger partial charge in [0.05, 0.1) is 11.0 Å². The van der Waals surface area contributed by atoms with E-state index in [-0.39, 0.29) is 0 Å². The first-order valence-corrected chi connectivity index (χ1v) is 8.79. The number of pyridine rings is 1. The summed E-state index contributed by atoms with van der Waals surface area (Å²) in [6.07, 6.45) is 3.20. The fourth-order valence-electron chi connectivity index (χ4n) is 3.64. The Balaban J connectivity index is 2.04. The standard InChI is InChI=1S/C22H21N3O2/c1-21(26,17-11-8-14-23-15-17)22(27,16-9-4-3-5-10-16)20-24-18-12-6-7-13-19(18)25(20)2/h3-15,26-27H,1-2H3/t21-,22+/m1/s1. The van der Waals surface area contributed by atoms with Crippen LogP contribution in [0.4, 0.5) is 0 Å². The van der Waals surface area contributed by atoms with Crippen LogP contribution in [0.1, 0.15) is 23.9 Å². The third-order valence-electron chi connectivity index (χ3n) is 5.23. The molecule has 2 atom stereocenters. The van der Waals surface area contributed by atoms with Gasteiger partial charge in [-0.3, -0.25) is 4.98 Å². The van der Waals surface area contributed by atoms with E-state index >= 15 is 0 Å². The molecule has 0 saturated heterocycles. The van der Waals surface area contributed by atoms with E-state index in [1.54, 1.807) is 43.6 Å². The van der Waals surface area contributed by atoms with Gasteiger partial charge in [-0.2, -0.15) is 0 Å². The van der Waals surface area contributed by atoms with E-state index in [0.29, 0.717) is 17.0 Å². The Morgan fingerprint density at radius 2 is 1.52 bits per heavy atom. The van der Waals surface area contributed by atoms with Gasteiger partial charge in [0, 0.05) is 25.0 Å². The molecule has 0 saturated carbocycles. The number of rotatable bonds is 4. The first-order valence-electron chi connectivity index (χ1n) is 8.79. The van der Waals surface area contributed by atoms with Gasteiger partial charge in [-0.25, -0.2) is 4.98 Å². The zero-order valence-corrected chi connectivity index (χ0v) is 15.2. The van der Waals surface area contributed by atoms with Gasteiger partial charge in [0.1, 0.15) is 11.4 Å². The SMILES string of the molecule is Cn1c([C@@](O)(c2ccccc2)[C@](C)(O)c2cccnc2)nc2ccccc21. The van der Waals surface area contributed by atoms with Crippen molar-refractivity contribution in [3.8, 4) is 0 Å². The van der Waals surface area contributed by atoms with Crippen molar-refractivity contribution < 1.29 is 10.2 Å². The number of nitrogens with zero attached hydrogens (tertiary/aromatic N) is 3. The maximum atomic E-state index is 12.1. The average Bonchev–Trinajstić information content (AvgIpc) is 3.06. The minimum atomic E-state index is -1.79. The molecule has 27 heavy (non-hydrogen) atoms. The molecule has 0 unspecified atom stereocenters. The summed E-state index contributed by atoms with van der Waals surface area (Å²) in [6.45, 7) is 1.59. The van der Waals surface area contributed by atoms with Crippen LogP contribution in [-0.2, 0) is 18.2 Å². The van der Waals surface area contributed by atoms with E-state index in [1.807, 2.05) is 54.1 Å². The first kappa shape index (κ1) is 17.4. The quantitative estimate of drug-likeness (QED) is 0.587. The Kier molecular flexibility index (Phi) is 4.06. The summed E-state index contributed by atoms with van der Waals surface area (Å²) in [5.74, 6) is 0.365. The highest BCUT2D eigenvalue weighted by atomic mass is 16.4. The van der Waals surface area contributed by atoms with E-state index in [0.717, 1.165) is 11.0 Å². The molecule has 2 aromatic carbocycles. The number of aryl methyl sites for hydroxylation is 1. The van der Waals surface area contributed by atoms with Crippen LogP contribution in [-0.4, -0.2) is 24.7 Å². The van der Waals surface area contributed by atoms with Crippen LogP contribution < -0.4 is 0 Å². The molecule has 136 valence electrons. The second-order valence-corrected chi connectivity index (χ2v) is 6.87. The molecule has 0 amide bonds. The van der Waals surface area contributed by atoms with Gasteiger partial charge in [-0.1, -0.05) is 48.5 Å². The number of imidazole rings is 1. The lowest BCUT2D eigenvalue weighted by Crippen LogP contribution is -2.49. The highest BCUT2D eigenvalue weighted by Gasteiger charge is 2.52. The Morgan fingerprint density at radius 1 is 0.852 bits per heavy atom. The average molecular weight is 359 g/mol. The molecule has 2 aromatic heterocycles. The lowest BCUT2D eigenvalue weighted by atomic mass is 9.74. The molecule has 0 radical (unpaired) electrons. The van der Waals surface area contributed by atoms with Gasteiger partial charge < -0.3 is 14.8 Å². The number of benzene rings is 2. The normalized spacial score (nSPS) is 16.0. The Hall–Kier alpha value is -3.02. The van der Waals surface area contributed by atoms with E-state index in [1.165, 1.54) is 0 Å². The largest absolute Gasteiger partial charge is 0.381 e. The summed E-state index contributed by atoms with van der Waals surface area (Å²) < 4.78 is 1.83. The second-order valence-electron chi connectivity index (χ2n) is 6.87. The van der Waals surface area contributed by atoms with Crippen LogP contribution in [0.2, 0.25) is 0 Å². The summed E-state index contributed by atoms with van der Waals surface area (Å²) in [5.41, 5.74) is -0.765. The number of fused-ring (bicyclic) bond motifs is 1. The first-order chi connectivity index (χ1) is 13.0. The predicted octanol–water partition coefficient (Wildman–Crippen LogP) is 3.11. The number of hydrogen-bond donors (Lipinski definition) is 2. The highest BCUT2D eigenvalue weighted by molar-refractivity contribution is 5.76. The molecule has 2 N–H and O–H groups in total. The maximum absolute atomic E-state index is 12.1. The Labute approximate surface area is 157 Å². The molecule has 5 nitrogen and oxygen atoms in total. The van der Waals surface area contributed by atoms with E-state index in [2.05, 4.69) is 9.97 Å². The molecular weight excluding hydrogens is 338 g/mol. The molecule has 0 aliphatic heterocycles. The van der Waals surface area contributed by atoms with Crippen molar-refractivity contribution in [3.63, 3.8) is 0 Å². The Bertz CT molecular complexity index is 1070. The van der Waals surface area contributed by atoms with Crippen molar-refractivity contribution in [1.82, 2.24) is 14.5 Å². The van der Waals surface area contributed by atoms with Crippen LogP contribution in [0.5, 0.6) is 0 Å². The summed E-state index contributed by atoms with van der Waals surface area (Å²) in [7, 11) is 1.85. The monoisotopic (exact) mass is 359 g/mol. The van der Waals surface area contributed by atoms with Gasteiger partial charge in [0.25, 0.3) is 0 Å². The number of para-hydroxylation sites is 2. The van der Waals surface area contributed by atoms with Crippen molar-refractivity contribution in [2.24, 2.45) is 7.05 Å². The number of hydrogen-bond acceptors (Lipinski definition) is 4. The van der Waals surface area contributed by atoms with Crippen molar-refractivity contribution in [3.05, 3.63) is 96.1 Å². The van der Waals surface area contributed by atoms with Crippen LogP contribution in [0.3, 0.4) is 0 Å². The summed E-state index contributed by atoms with van der Waals surface area (Å²) >= 11 is 0. The van der Waals surface area contributed by atoms with Crippen molar-refractivity contribution in [2.45, 2.75) is 18.1 Å². The Morgan fingerprint density at radius 3 is 2.19 bits per heavy atom. The fourth-order valence-corrected chi connectivity index (χ4v) is 3.64. The molecule has 0 aliphatic carbocycles. The predicted molar refractivity (Wildman–Crippen MR) is 104 cm³/mol. The van der Waals surface area contributed by atoms with Crippen LogP contribution in [0.15, 0.2) is 79.1 Å². The molecule has 4 aromatic rings. The van der Waals surface area contributed by atoms with E-state index in [9.17, 15) is 10.2 Å². The summed E-state index contributed by atoms with van der Waals surface area (Å²) in [5, 5.41) is 23.7. The summed E-state index contributed by atoms with van der Waals surface area (Å²) in [6, 6.07) is 20.3. The van der Waals surface area contributed by atoms with Crippen molar-refractivity contribution >= 4 is 11.0 Å². The van der Waals surface area contributed by atoms with Gasteiger partial charge in [0.15, 0.2) is 5.60 Å². The smallest absolute Gasteiger partial charge is 0.180 e. The third-order valence-corrected chi connectivity index (χ3v) is 5.23.